The second-order valence-electron chi connectivity index (χ2n) is 21.4. The van der Waals surface area contributed by atoms with Crippen LogP contribution in [0.1, 0.15) is 245 Å². The third-order valence-electron chi connectivity index (χ3n) is 12.8. The summed E-state index contributed by atoms with van der Waals surface area (Å²) in [4.78, 5) is 35.7. The summed E-state index contributed by atoms with van der Waals surface area (Å²) < 4.78 is 34.5. The Hall–Kier alpha value is -3.33. The molecule has 0 rings (SSSR count). The minimum absolute atomic E-state index is 0.0136. The highest BCUT2D eigenvalue weighted by atomic mass is 31.2. The molecule has 0 aliphatic rings. The van der Waals surface area contributed by atoms with E-state index >= 15 is 0 Å². The van der Waals surface area contributed by atoms with Crippen LogP contribution in [-0.2, 0) is 32.7 Å². The van der Waals surface area contributed by atoms with E-state index in [0.717, 1.165) is 70.6 Å². The molecule has 0 heterocycles. The number of phosphoric ester groups is 1. The van der Waals surface area contributed by atoms with E-state index in [0.29, 0.717) is 17.4 Å². The highest BCUT2D eigenvalue weighted by Gasteiger charge is 2.27. The van der Waals surface area contributed by atoms with Crippen molar-refractivity contribution in [3.63, 3.8) is 0 Å². The number of unbranched alkanes of at least 4 members (excludes halogenated alkanes) is 23. The quantitative estimate of drug-likeness (QED) is 0.0211. The molecule has 0 radical (unpaired) electrons. The van der Waals surface area contributed by atoms with Crippen molar-refractivity contribution in [2.45, 2.75) is 251 Å². The molecule has 9 nitrogen and oxygen atoms in total. The summed E-state index contributed by atoms with van der Waals surface area (Å²) in [5, 5.41) is 0. The predicted molar refractivity (Wildman–Crippen MR) is 325 cm³/mol. The van der Waals surface area contributed by atoms with Crippen molar-refractivity contribution in [3.05, 3.63) is 109 Å². The van der Waals surface area contributed by atoms with Crippen LogP contribution in [0.2, 0.25) is 0 Å². The lowest BCUT2D eigenvalue weighted by Crippen LogP contribution is -2.37. The van der Waals surface area contributed by atoms with E-state index < -0.39 is 26.5 Å². The molecule has 436 valence electrons. The third-order valence-corrected chi connectivity index (χ3v) is 13.8. The number of carbonyl (C=O) groups is 2. The van der Waals surface area contributed by atoms with Crippen molar-refractivity contribution < 1.29 is 42.1 Å². The van der Waals surface area contributed by atoms with Gasteiger partial charge in [-0.1, -0.05) is 252 Å². The zero-order chi connectivity index (χ0) is 55.6. The van der Waals surface area contributed by atoms with Crippen molar-refractivity contribution in [1.82, 2.24) is 0 Å². The summed E-state index contributed by atoms with van der Waals surface area (Å²) in [5.74, 6) is -0.896. The average molecular weight is 1080 g/mol. The molecule has 0 fully saturated rings. The topological polar surface area (TPSA) is 108 Å². The van der Waals surface area contributed by atoms with E-state index in [2.05, 4.69) is 111 Å². The first-order chi connectivity index (χ1) is 37.0. The molecule has 0 saturated carbocycles. The van der Waals surface area contributed by atoms with Crippen LogP contribution in [0.25, 0.3) is 0 Å². The Morgan fingerprint density at radius 1 is 0.421 bits per heavy atom. The number of hydrogen-bond acceptors (Lipinski definition) is 7. The average Bonchev–Trinajstić information content (AvgIpc) is 3.38. The number of ether oxygens (including phenoxy) is 2. The maximum atomic E-state index is 12.8. The van der Waals surface area contributed by atoms with Crippen LogP contribution >= 0.6 is 7.82 Å². The molecule has 2 atom stereocenters. The summed E-state index contributed by atoms with van der Waals surface area (Å²) in [6.45, 7) is 4.22. The number of carbonyl (C=O) groups excluding carboxylic acids is 2. The van der Waals surface area contributed by atoms with E-state index in [1.165, 1.54) is 141 Å². The first kappa shape index (κ1) is 72.7. The number of hydrogen-bond donors (Lipinski definition) is 1. The Labute approximate surface area is 467 Å². The summed E-state index contributed by atoms with van der Waals surface area (Å²) in [6.07, 6.45) is 79.1. The predicted octanol–water partition coefficient (Wildman–Crippen LogP) is 19.4. The van der Waals surface area contributed by atoms with Gasteiger partial charge in [-0.15, -0.1) is 0 Å². The first-order valence-electron chi connectivity index (χ1n) is 30.6. The fourth-order valence-electron chi connectivity index (χ4n) is 8.11. The van der Waals surface area contributed by atoms with Gasteiger partial charge in [0.25, 0.3) is 0 Å². The molecule has 1 N–H and O–H groups in total. The molecule has 2 unspecified atom stereocenters. The second kappa shape index (κ2) is 56.4. The van der Waals surface area contributed by atoms with Gasteiger partial charge in [0.15, 0.2) is 6.10 Å². The van der Waals surface area contributed by atoms with Crippen molar-refractivity contribution in [2.24, 2.45) is 0 Å². The Morgan fingerprint density at radius 3 is 1.17 bits per heavy atom. The van der Waals surface area contributed by atoms with Gasteiger partial charge >= 0.3 is 19.8 Å². The van der Waals surface area contributed by atoms with Gasteiger partial charge in [0.1, 0.15) is 19.8 Å². The minimum Gasteiger partial charge on any atom is -0.462 e. The van der Waals surface area contributed by atoms with Crippen LogP contribution in [0.3, 0.4) is 0 Å². The smallest absolute Gasteiger partial charge is 0.462 e. The highest BCUT2D eigenvalue weighted by molar-refractivity contribution is 7.47. The van der Waals surface area contributed by atoms with Crippen molar-refractivity contribution in [1.29, 1.82) is 0 Å². The second-order valence-corrected chi connectivity index (χ2v) is 22.8. The normalized spacial score (nSPS) is 14.0. The Bertz CT molecular complexity index is 1650. The monoisotopic (exact) mass is 1080 g/mol. The fourth-order valence-corrected chi connectivity index (χ4v) is 8.85. The molecule has 0 bridgehead atoms. The number of likely N-dealkylation sites (N-methyl/N-ethyl adjacent to an activating group) is 1. The molecule has 76 heavy (non-hydrogen) atoms. The van der Waals surface area contributed by atoms with E-state index in [4.69, 9.17) is 18.5 Å². The van der Waals surface area contributed by atoms with E-state index in [1.807, 2.05) is 33.3 Å². The Balaban J connectivity index is 4.13. The molecule has 0 aliphatic heterocycles. The van der Waals surface area contributed by atoms with Crippen LogP contribution in [0.4, 0.5) is 0 Å². The molecule has 0 aromatic heterocycles. The van der Waals surface area contributed by atoms with Gasteiger partial charge in [-0.3, -0.25) is 18.6 Å². The molecule has 10 heteroatoms. The summed E-state index contributed by atoms with van der Waals surface area (Å²) >= 11 is 0. The SMILES string of the molecule is CC/C=C\C/C=C\C/C=C\C/C=C\C/C=C\C/C=C\CCC(=O)OC(COC(=O)CCCCCCCCCCCCCCCCCCCC/C=C\C/C=C\C/C=C\CCCCCCC)COP(=O)(O)OCC[N+](C)(C)C. The van der Waals surface area contributed by atoms with E-state index in [1.54, 1.807) is 0 Å². The zero-order valence-electron chi connectivity index (χ0n) is 49.5. The van der Waals surface area contributed by atoms with Crippen molar-refractivity contribution >= 4 is 19.8 Å². The fraction of sp³-hybridized carbons (Fsp3) is 0.697. The van der Waals surface area contributed by atoms with Gasteiger partial charge in [0.05, 0.1) is 27.7 Å². The number of allylic oxidation sites excluding steroid dienone is 18. The lowest BCUT2D eigenvalue weighted by molar-refractivity contribution is -0.870. The first-order valence-corrected chi connectivity index (χ1v) is 32.1. The maximum absolute atomic E-state index is 12.8. The third kappa shape index (κ3) is 59.9. The zero-order valence-corrected chi connectivity index (χ0v) is 50.3. The minimum atomic E-state index is -4.41. The Kier molecular flexibility index (Phi) is 53.9. The van der Waals surface area contributed by atoms with Gasteiger partial charge in [-0.05, 0) is 89.9 Å². The van der Waals surface area contributed by atoms with Gasteiger partial charge < -0.3 is 18.9 Å². The number of phosphoric acid groups is 1. The maximum Gasteiger partial charge on any atom is 0.472 e. The van der Waals surface area contributed by atoms with Crippen LogP contribution in [0.15, 0.2) is 109 Å². The molecule has 0 saturated heterocycles. The lowest BCUT2D eigenvalue weighted by atomic mass is 10.0. The molecule has 0 aromatic carbocycles. The number of nitrogens with zero attached hydrogens (tertiary/aromatic N) is 1. The van der Waals surface area contributed by atoms with Crippen LogP contribution in [-0.4, -0.2) is 74.9 Å². The number of esters is 2. The van der Waals surface area contributed by atoms with Crippen LogP contribution in [0.5, 0.6) is 0 Å². The van der Waals surface area contributed by atoms with Gasteiger partial charge in [0.2, 0.25) is 0 Å². The standard InChI is InChI=1S/C66H114NO8P/c1-6-8-10-12-14-16-18-20-22-24-26-27-28-29-30-31-32-33-34-35-36-37-38-39-41-42-44-46-48-50-52-54-56-58-65(68)72-62-64(63-74-76(70,71)73-61-60-67(3,4)5)75-66(69)59-57-55-53-51-49-47-45-43-40-25-23-21-19-17-15-13-11-9-7-2/h9,11,15,17-18,20-21,23-24,26,28-29,40,43,47,49,53,55,64H,6-8,10,12-14,16,19,22,25,27,30-39,41-42,44-46,48,50-52,54,56-63H2,1-5H3/p+1/b11-9-,17-15-,20-18-,23-21-,26-24-,29-28-,43-40-,49-47-,55-53-. The van der Waals surface area contributed by atoms with Gasteiger partial charge in [-0.2, -0.15) is 0 Å². The van der Waals surface area contributed by atoms with Gasteiger partial charge in [0, 0.05) is 12.8 Å². The summed E-state index contributed by atoms with van der Waals surface area (Å²) in [6, 6.07) is 0. The van der Waals surface area contributed by atoms with Crippen molar-refractivity contribution in [2.75, 3.05) is 47.5 Å². The molecular formula is C66H115NO8P+. The number of quaternary nitrogens is 1. The molecule has 0 spiro atoms. The lowest BCUT2D eigenvalue weighted by Gasteiger charge is -2.24. The summed E-state index contributed by atoms with van der Waals surface area (Å²) in [7, 11) is 1.42. The number of rotatable bonds is 55. The van der Waals surface area contributed by atoms with Crippen molar-refractivity contribution in [3.8, 4) is 0 Å². The van der Waals surface area contributed by atoms with Gasteiger partial charge in [-0.25, -0.2) is 4.57 Å². The van der Waals surface area contributed by atoms with E-state index in [9.17, 15) is 19.0 Å². The van der Waals surface area contributed by atoms with Crippen LogP contribution in [0, 0.1) is 0 Å². The van der Waals surface area contributed by atoms with Crippen LogP contribution < -0.4 is 0 Å². The Morgan fingerprint density at radius 2 is 0.776 bits per heavy atom. The molecular weight excluding hydrogens is 966 g/mol. The van der Waals surface area contributed by atoms with E-state index in [-0.39, 0.29) is 32.0 Å². The molecule has 0 amide bonds. The largest absolute Gasteiger partial charge is 0.472 e. The molecule has 0 aromatic rings. The molecule has 0 aliphatic carbocycles. The summed E-state index contributed by atoms with van der Waals surface area (Å²) in [5.41, 5.74) is 0. The highest BCUT2D eigenvalue weighted by Crippen LogP contribution is 2.43.